The van der Waals surface area contributed by atoms with E-state index in [0.29, 0.717) is 5.95 Å². The van der Waals surface area contributed by atoms with Crippen molar-refractivity contribution in [2.24, 2.45) is 0 Å². The van der Waals surface area contributed by atoms with Gasteiger partial charge in [-0.15, -0.1) is 0 Å². The van der Waals surface area contributed by atoms with E-state index >= 15 is 0 Å². The maximum absolute atomic E-state index is 8.50. The maximum Gasteiger partial charge on any atom is 0.197 e. The van der Waals surface area contributed by atoms with E-state index in [4.69, 9.17) is 10.8 Å². The summed E-state index contributed by atoms with van der Waals surface area (Å²) < 4.78 is 0. The summed E-state index contributed by atoms with van der Waals surface area (Å²) >= 11 is 0. The fourth-order valence-electron chi connectivity index (χ4n) is 0.931. The van der Waals surface area contributed by atoms with E-state index in [2.05, 4.69) is 9.97 Å². The number of aliphatic hydroxyl groups is 1. The fraction of sp³-hybridized carbons (Fsp3) is 0.571. The third-order valence-corrected chi connectivity index (χ3v) is 1.50. The van der Waals surface area contributed by atoms with E-state index in [-0.39, 0.29) is 6.61 Å². The number of H-pyrrole nitrogens is 1. The molecule has 0 fully saturated rings. The van der Waals surface area contributed by atoms with Crippen molar-refractivity contribution in [2.45, 2.75) is 19.3 Å². The molecule has 11 heavy (non-hydrogen) atoms. The maximum atomic E-state index is 8.50. The largest absolute Gasteiger partial charge is 0.396 e. The molecule has 0 saturated carbocycles. The molecular weight excluding hydrogens is 142 g/mol. The van der Waals surface area contributed by atoms with Crippen molar-refractivity contribution in [3.8, 4) is 0 Å². The van der Waals surface area contributed by atoms with Gasteiger partial charge in [-0.1, -0.05) is 0 Å². The first-order valence-corrected chi connectivity index (χ1v) is 3.73. The standard InChI is InChI=1S/C7H13N3O/c8-7-9-5-6(10-7)3-1-2-4-11/h5,11H,1-4H2,(H3,8,9,10). The van der Waals surface area contributed by atoms with Gasteiger partial charge in [0.25, 0.3) is 0 Å². The van der Waals surface area contributed by atoms with Crippen LogP contribution in [0, 0.1) is 0 Å². The van der Waals surface area contributed by atoms with Gasteiger partial charge in [0, 0.05) is 12.3 Å². The highest BCUT2D eigenvalue weighted by molar-refractivity contribution is 5.18. The second-order valence-electron chi connectivity index (χ2n) is 2.47. The average molecular weight is 155 g/mol. The van der Waals surface area contributed by atoms with Gasteiger partial charge in [0.15, 0.2) is 5.95 Å². The summed E-state index contributed by atoms with van der Waals surface area (Å²) in [5, 5.41) is 8.50. The number of hydrogen-bond acceptors (Lipinski definition) is 3. The minimum Gasteiger partial charge on any atom is -0.396 e. The first-order valence-electron chi connectivity index (χ1n) is 3.73. The van der Waals surface area contributed by atoms with Crippen molar-refractivity contribution in [3.63, 3.8) is 0 Å². The lowest BCUT2D eigenvalue weighted by Gasteiger charge is -1.93. The highest BCUT2D eigenvalue weighted by Gasteiger charge is 1.95. The quantitative estimate of drug-likeness (QED) is 0.548. The molecule has 0 bridgehead atoms. The molecule has 0 aliphatic rings. The van der Waals surface area contributed by atoms with Crippen LogP contribution in [0.2, 0.25) is 0 Å². The van der Waals surface area contributed by atoms with Crippen LogP contribution in [0.1, 0.15) is 18.5 Å². The van der Waals surface area contributed by atoms with Crippen LogP contribution in [-0.4, -0.2) is 21.7 Å². The van der Waals surface area contributed by atoms with Crippen LogP contribution in [-0.2, 0) is 6.42 Å². The molecule has 4 heteroatoms. The fourth-order valence-corrected chi connectivity index (χ4v) is 0.931. The zero-order chi connectivity index (χ0) is 8.10. The summed E-state index contributed by atoms with van der Waals surface area (Å²) in [6.45, 7) is 0.254. The van der Waals surface area contributed by atoms with Crippen LogP contribution >= 0.6 is 0 Å². The molecule has 1 heterocycles. The number of nitrogens with one attached hydrogen (secondary N) is 1. The number of nitrogens with two attached hydrogens (primary N) is 1. The molecule has 4 N–H and O–H groups in total. The van der Waals surface area contributed by atoms with E-state index in [0.717, 1.165) is 25.0 Å². The molecule has 0 aliphatic heterocycles. The van der Waals surface area contributed by atoms with E-state index < -0.39 is 0 Å². The highest BCUT2D eigenvalue weighted by atomic mass is 16.2. The Kier molecular flexibility index (Phi) is 2.92. The summed E-state index contributed by atoms with van der Waals surface area (Å²) in [4.78, 5) is 6.78. The topological polar surface area (TPSA) is 74.9 Å². The Balaban J connectivity index is 2.27. The van der Waals surface area contributed by atoms with Gasteiger partial charge in [-0.05, 0) is 19.3 Å². The number of rotatable bonds is 4. The number of imidazole rings is 1. The Bertz CT molecular complexity index is 209. The number of aromatic amines is 1. The lowest BCUT2D eigenvalue weighted by atomic mass is 10.2. The molecule has 0 saturated heterocycles. The Morgan fingerprint density at radius 3 is 2.91 bits per heavy atom. The number of aryl methyl sites for hydroxylation is 1. The van der Waals surface area contributed by atoms with Gasteiger partial charge < -0.3 is 15.8 Å². The number of unbranched alkanes of at least 4 members (excludes halogenated alkanes) is 1. The first-order chi connectivity index (χ1) is 5.33. The second kappa shape index (κ2) is 3.98. The van der Waals surface area contributed by atoms with Gasteiger partial charge in [-0.25, -0.2) is 4.98 Å². The molecule has 0 aliphatic carbocycles. The van der Waals surface area contributed by atoms with Gasteiger partial charge in [-0.2, -0.15) is 0 Å². The van der Waals surface area contributed by atoms with Crippen molar-refractivity contribution < 1.29 is 5.11 Å². The number of aliphatic hydroxyl groups excluding tert-OH is 1. The van der Waals surface area contributed by atoms with Gasteiger partial charge >= 0.3 is 0 Å². The van der Waals surface area contributed by atoms with Gasteiger partial charge in [0.1, 0.15) is 0 Å². The zero-order valence-corrected chi connectivity index (χ0v) is 6.38. The molecule has 0 radical (unpaired) electrons. The van der Waals surface area contributed by atoms with Crippen LogP contribution in [0.25, 0.3) is 0 Å². The Morgan fingerprint density at radius 2 is 2.36 bits per heavy atom. The van der Waals surface area contributed by atoms with Crippen LogP contribution < -0.4 is 5.73 Å². The average Bonchev–Trinajstić information content (AvgIpc) is 2.37. The molecule has 0 aromatic carbocycles. The molecule has 62 valence electrons. The third kappa shape index (κ3) is 2.59. The van der Waals surface area contributed by atoms with Crippen LogP contribution in [0.3, 0.4) is 0 Å². The van der Waals surface area contributed by atoms with E-state index in [1.807, 2.05) is 0 Å². The van der Waals surface area contributed by atoms with E-state index in [1.54, 1.807) is 6.20 Å². The van der Waals surface area contributed by atoms with Crippen molar-refractivity contribution >= 4 is 5.95 Å². The Hall–Kier alpha value is -1.03. The summed E-state index contributed by atoms with van der Waals surface area (Å²) in [5.41, 5.74) is 6.40. The summed E-state index contributed by atoms with van der Waals surface area (Å²) in [6, 6.07) is 0. The van der Waals surface area contributed by atoms with Crippen molar-refractivity contribution in [3.05, 3.63) is 11.9 Å². The summed E-state index contributed by atoms with van der Waals surface area (Å²) in [6.07, 6.45) is 4.44. The van der Waals surface area contributed by atoms with E-state index in [9.17, 15) is 0 Å². The zero-order valence-electron chi connectivity index (χ0n) is 6.38. The molecule has 0 atom stereocenters. The van der Waals surface area contributed by atoms with Crippen molar-refractivity contribution in [1.82, 2.24) is 9.97 Å². The van der Waals surface area contributed by atoms with Crippen LogP contribution in [0.5, 0.6) is 0 Å². The molecule has 1 aromatic rings. The van der Waals surface area contributed by atoms with Gasteiger partial charge in [0.05, 0.1) is 6.20 Å². The predicted octanol–water partition coefficient (Wildman–Crippen LogP) is 0.307. The highest BCUT2D eigenvalue weighted by Crippen LogP contribution is 2.02. The van der Waals surface area contributed by atoms with Gasteiger partial charge in [0.2, 0.25) is 0 Å². The number of anilines is 1. The lowest BCUT2D eigenvalue weighted by molar-refractivity contribution is 0.284. The molecule has 0 unspecified atom stereocenters. The summed E-state index contributed by atoms with van der Waals surface area (Å²) in [5.74, 6) is 0.462. The molecule has 1 aromatic heterocycles. The van der Waals surface area contributed by atoms with Crippen LogP contribution in [0.15, 0.2) is 6.20 Å². The normalized spacial score (nSPS) is 10.3. The first kappa shape index (κ1) is 8.07. The van der Waals surface area contributed by atoms with Crippen molar-refractivity contribution in [2.75, 3.05) is 12.3 Å². The number of nitrogens with zero attached hydrogens (tertiary/aromatic N) is 1. The minimum absolute atomic E-state index is 0.254. The molecule has 0 amide bonds. The summed E-state index contributed by atoms with van der Waals surface area (Å²) in [7, 11) is 0. The monoisotopic (exact) mass is 155 g/mol. The number of aromatic nitrogens is 2. The van der Waals surface area contributed by atoms with Crippen LogP contribution in [0.4, 0.5) is 5.95 Å². The molecule has 4 nitrogen and oxygen atoms in total. The number of hydrogen-bond donors (Lipinski definition) is 3. The SMILES string of the molecule is Nc1ncc(CCCCO)[nH]1. The van der Waals surface area contributed by atoms with Gasteiger partial charge in [-0.3, -0.25) is 0 Å². The smallest absolute Gasteiger partial charge is 0.197 e. The molecular formula is C7H13N3O. The predicted molar refractivity (Wildman–Crippen MR) is 43.0 cm³/mol. The van der Waals surface area contributed by atoms with E-state index in [1.165, 1.54) is 0 Å². The minimum atomic E-state index is 0.254. The third-order valence-electron chi connectivity index (χ3n) is 1.50. The van der Waals surface area contributed by atoms with Crippen molar-refractivity contribution in [1.29, 1.82) is 0 Å². The Morgan fingerprint density at radius 1 is 1.55 bits per heavy atom. The Labute approximate surface area is 65.5 Å². The number of nitrogen functional groups attached to an aromatic ring is 1. The second-order valence-corrected chi connectivity index (χ2v) is 2.47. The molecule has 1 rings (SSSR count). The molecule has 0 spiro atoms. The lowest BCUT2D eigenvalue weighted by Crippen LogP contribution is -1.90.